The van der Waals surface area contributed by atoms with Gasteiger partial charge in [0.2, 0.25) is 0 Å². The van der Waals surface area contributed by atoms with Crippen molar-refractivity contribution in [3.63, 3.8) is 0 Å². The molecule has 2 rings (SSSR count). The van der Waals surface area contributed by atoms with Crippen molar-refractivity contribution in [3.8, 4) is 0 Å². The quantitative estimate of drug-likeness (QED) is 0.652. The second-order valence-corrected chi connectivity index (χ2v) is 4.73. The van der Waals surface area contributed by atoms with E-state index in [1.165, 1.54) is 32.1 Å². The minimum Gasteiger partial charge on any atom is -0.325 e. The Morgan fingerprint density at radius 1 is 1.13 bits per heavy atom. The molecule has 0 N–H and O–H groups in total. The molecular weight excluding hydrogens is 188 g/mol. The summed E-state index contributed by atoms with van der Waals surface area (Å²) < 4.78 is 0. The number of carbonyl (C=O) groups is 1. The largest absolute Gasteiger partial charge is 0.325 e. The number of rotatable bonds is 1. The predicted octanol–water partition coefficient (Wildman–Crippen LogP) is 2.47. The third kappa shape index (κ3) is 2.27. The fraction of sp³-hybridized carbons (Fsp3) is 0.917. The summed E-state index contributed by atoms with van der Waals surface area (Å²) >= 11 is 0. The lowest BCUT2D eigenvalue weighted by Crippen LogP contribution is -2.47. The van der Waals surface area contributed by atoms with Crippen molar-refractivity contribution in [2.24, 2.45) is 0 Å². The molecule has 3 heteroatoms. The Bertz CT molecular complexity index is 224. The summed E-state index contributed by atoms with van der Waals surface area (Å²) in [5.41, 5.74) is 0. The molecule has 2 aliphatic rings. The summed E-state index contributed by atoms with van der Waals surface area (Å²) in [6, 6.07) is 0.818. The van der Waals surface area contributed by atoms with Crippen molar-refractivity contribution in [2.45, 2.75) is 51.5 Å². The summed E-state index contributed by atoms with van der Waals surface area (Å²) in [6.45, 7) is 5.12. The molecule has 2 saturated heterocycles. The normalized spacial score (nSPS) is 27.1. The third-order valence-corrected chi connectivity index (χ3v) is 3.72. The molecule has 2 fully saturated rings. The van der Waals surface area contributed by atoms with Gasteiger partial charge in [-0.05, 0) is 38.5 Å². The van der Waals surface area contributed by atoms with Crippen LogP contribution in [0.15, 0.2) is 0 Å². The topological polar surface area (TPSA) is 23.6 Å². The molecular formula is C12H22N2O. The van der Waals surface area contributed by atoms with Gasteiger partial charge in [-0.3, -0.25) is 0 Å². The van der Waals surface area contributed by atoms with Crippen LogP contribution in [0.3, 0.4) is 0 Å². The molecule has 2 heterocycles. The van der Waals surface area contributed by atoms with Gasteiger partial charge < -0.3 is 9.80 Å². The number of piperidine rings is 1. The number of nitrogens with zero attached hydrogens (tertiary/aromatic N) is 2. The first-order chi connectivity index (χ1) is 7.33. The first-order valence-corrected chi connectivity index (χ1v) is 6.38. The van der Waals surface area contributed by atoms with Gasteiger partial charge in [0, 0.05) is 25.7 Å². The van der Waals surface area contributed by atoms with Gasteiger partial charge in [-0.15, -0.1) is 0 Å². The average molecular weight is 210 g/mol. The van der Waals surface area contributed by atoms with Gasteiger partial charge in [0.05, 0.1) is 0 Å². The zero-order chi connectivity index (χ0) is 10.7. The Morgan fingerprint density at radius 2 is 1.87 bits per heavy atom. The lowest BCUT2D eigenvalue weighted by molar-refractivity contribution is 0.138. The SMILES string of the molecule is CCC1CCCN1C(=O)N1CCCCC1. The molecule has 15 heavy (non-hydrogen) atoms. The molecule has 3 nitrogen and oxygen atoms in total. The highest BCUT2D eigenvalue weighted by atomic mass is 16.2. The standard InChI is InChI=1S/C12H22N2O/c1-2-11-7-6-10-14(11)12(15)13-8-4-3-5-9-13/h11H,2-10H2,1H3. The van der Waals surface area contributed by atoms with Crippen molar-refractivity contribution in [2.75, 3.05) is 19.6 Å². The van der Waals surface area contributed by atoms with E-state index in [0.29, 0.717) is 12.1 Å². The van der Waals surface area contributed by atoms with Crippen LogP contribution in [0.1, 0.15) is 45.4 Å². The van der Waals surface area contributed by atoms with E-state index in [4.69, 9.17) is 0 Å². The Kier molecular flexibility index (Phi) is 3.49. The third-order valence-electron chi connectivity index (χ3n) is 3.72. The highest BCUT2D eigenvalue weighted by molar-refractivity contribution is 5.75. The van der Waals surface area contributed by atoms with Crippen LogP contribution in [0.25, 0.3) is 0 Å². The van der Waals surface area contributed by atoms with Gasteiger partial charge in [0.1, 0.15) is 0 Å². The van der Waals surface area contributed by atoms with Crippen LogP contribution >= 0.6 is 0 Å². The van der Waals surface area contributed by atoms with Crippen molar-refractivity contribution in [3.05, 3.63) is 0 Å². The fourth-order valence-electron chi connectivity index (χ4n) is 2.78. The molecule has 0 aromatic heterocycles. The van der Waals surface area contributed by atoms with E-state index in [0.717, 1.165) is 26.1 Å². The molecule has 2 aliphatic heterocycles. The maximum absolute atomic E-state index is 12.2. The zero-order valence-electron chi connectivity index (χ0n) is 9.74. The molecule has 0 radical (unpaired) electrons. The van der Waals surface area contributed by atoms with Crippen LogP contribution in [0.4, 0.5) is 4.79 Å². The lowest BCUT2D eigenvalue weighted by Gasteiger charge is -2.33. The molecule has 0 saturated carbocycles. The van der Waals surface area contributed by atoms with Crippen LogP contribution < -0.4 is 0 Å². The number of urea groups is 1. The van der Waals surface area contributed by atoms with E-state index >= 15 is 0 Å². The number of carbonyl (C=O) groups excluding carboxylic acids is 1. The van der Waals surface area contributed by atoms with Crippen LogP contribution in [0, 0.1) is 0 Å². The highest BCUT2D eigenvalue weighted by Crippen LogP contribution is 2.22. The van der Waals surface area contributed by atoms with E-state index in [1.807, 2.05) is 0 Å². The van der Waals surface area contributed by atoms with Gasteiger partial charge in [0.25, 0.3) is 0 Å². The molecule has 0 bridgehead atoms. The molecule has 2 amide bonds. The van der Waals surface area contributed by atoms with Gasteiger partial charge in [-0.2, -0.15) is 0 Å². The second kappa shape index (κ2) is 4.86. The van der Waals surface area contributed by atoms with E-state index < -0.39 is 0 Å². The molecule has 0 aliphatic carbocycles. The Morgan fingerprint density at radius 3 is 2.53 bits per heavy atom. The van der Waals surface area contributed by atoms with Crippen molar-refractivity contribution in [1.82, 2.24) is 9.80 Å². The number of hydrogen-bond donors (Lipinski definition) is 0. The van der Waals surface area contributed by atoms with Crippen LogP contribution in [-0.2, 0) is 0 Å². The Labute approximate surface area is 92.4 Å². The zero-order valence-corrected chi connectivity index (χ0v) is 9.74. The monoisotopic (exact) mass is 210 g/mol. The summed E-state index contributed by atoms with van der Waals surface area (Å²) in [5.74, 6) is 0. The molecule has 0 aromatic rings. The first-order valence-electron chi connectivity index (χ1n) is 6.38. The van der Waals surface area contributed by atoms with Crippen molar-refractivity contribution in [1.29, 1.82) is 0 Å². The first kappa shape index (κ1) is 10.8. The average Bonchev–Trinajstić information content (AvgIpc) is 2.77. The predicted molar refractivity (Wildman–Crippen MR) is 60.8 cm³/mol. The van der Waals surface area contributed by atoms with Crippen molar-refractivity contribution < 1.29 is 4.79 Å². The maximum atomic E-state index is 12.2. The number of likely N-dealkylation sites (tertiary alicyclic amines) is 2. The van der Waals surface area contributed by atoms with E-state index in [2.05, 4.69) is 16.7 Å². The molecule has 0 aromatic carbocycles. The minimum absolute atomic E-state index is 0.305. The van der Waals surface area contributed by atoms with Gasteiger partial charge in [-0.25, -0.2) is 4.79 Å². The van der Waals surface area contributed by atoms with Crippen LogP contribution in [-0.4, -0.2) is 41.5 Å². The van der Waals surface area contributed by atoms with Gasteiger partial charge in [-0.1, -0.05) is 6.92 Å². The van der Waals surface area contributed by atoms with Crippen LogP contribution in [0.5, 0.6) is 0 Å². The van der Waals surface area contributed by atoms with E-state index in [-0.39, 0.29) is 0 Å². The van der Waals surface area contributed by atoms with Gasteiger partial charge >= 0.3 is 6.03 Å². The van der Waals surface area contributed by atoms with Gasteiger partial charge in [0.15, 0.2) is 0 Å². The lowest BCUT2D eigenvalue weighted by atomic mass is 10.1. The molecule has 86 valence electrons. The number of amides is 2. The Balaban J connectivity index is 1.93. The highest BCUT2D eigenvalue weighted by Gasteiger charge is 2.30. The summed E-state index contributed by atoms with van der Waals surface area (Å²) in [4.78, 5) is 16.4. The fourth-order valence-corrected chi connectivity index (χ4v) is 2.78. The van der Waals surface area contributed by atoms with Crippen LogP contribution in [0.2, 0.25) is 0 Å². The van der Waals surface area contributed by atoms with Crippen molar-refractivity contribution >= 4 is 6.03 Å². The molecule has 1 unspecified atom stereocenters. The second-order valence-electron chi connectivity index (χ2n) is 4.73. The number of hydrogen-bond acceptors (Lipinski definition) is 1. The summed E-state index contributed by atoms with van der Waals surface area (Å²) in [6.07, 6.45) is 7.18. The van der Waals surface area contributed by atoms with E-state index in [1.54, 1.807) is 0 Å². The summed E-state index contributed by atoms with van der Waals surface area (Å²) in [7, 11) is 0. The minimum atomic E-state index is 0.305. The Hall–Kier alpha value is -0.730. The smallest absolute Gasteiger partial charge is 0.320 e. The summed E-state index contributed by atoms with van der Waals surface area (Å²) in [5, 5.41) is 0. The maximum Gasteiger partial charge on any atom is 0.320 e. The van der Waals surface area contributed by atoms with E-state index in [9.17, 15) is 4.79 Å². The molecule has 1 atom stereocenters. The molecule has 0 spiro atoms.